The standard InChI is InChI=1S/C28H30N4O5S2/c1-32-19-29-31-28(32)38-18-24-15-26(22-11-9-21(17-33)10-12-22)37-27(36-24)23-13-7-20(8-14-23)16-30-39(34,35)25-5-3-2-4-6-25/h2-14,19,24,26-27,30,33H,15-18H2,1H3/t24-,26+,27+/m0/s1. The molecule has 11 heteroatoms. The van der Waals surface area contributed by atoms with Crippen LogP contribution in [-0.2, 0) is 39.7 Å². The average molecular weight is 567 g/mol. The maximum atomic E-state index is 12.6. The molecule has 0 aliphatic carbocycles. The van der Waals surface area contributed by atoms with Gasteiger partial charge in [0, 0.05) is 31.3 Å². The second kappa shape index (κ2) is 12.4. The van der Waals surface area contributed by atoms with Gasteiger partial charge in [0.1, 0.15) is 6.33 Å². The molecule has 0 amide bonds. The van der Waals surface area contributed by atoms with Crippen LogP contribution in [0.3, 0.4) is 0 Å². The minimum Gasteiger partial charge on any atom is -0.392 e. The van der Waals surface area contributed by atoms with E-state index in [1.807, 2.05) is 60.1 Å². The number of rotatable bonds is 10. The summed E-state index contributed by atoms with van der Waals surface area (Å²) in [5.41, 5.74) is 3.52. The summed E-state index contributed by atoms with van der Waals surface area (Å²) in [6, 6.07) is 23.6. The van der Waals surface area contributed by atoms with E-state index in [0.717, 1.165) is 27.4 Å². The van der Waals surface area contributed by atoms with Gasteiger partial charge < -0.3 is 19.1 Å². The van der Waals surface area contributed by atoms with Gasteiger partial charge in [-0.1, -0.05) is 78.5 Å². The molecule has 4 aromatic rings. The number of aliphatic hydroxyl groups excluding tert-OH is 1. The molecule has 3 atom stereocenters. The van der Waals surface area contributed by atoms with E-state index < -0.39 is 16.3 Å². The van der Waals surface area contributed by atoms with E-state index in [0.29, 0.717) is 12.2 Å². The average Bonchev–Trinajstić information content (AvgIpc) is 3.40. The molecule has 0 bridgehead atoms. The van der Waals surface area contributed by atoms with Crippen LogP contribution in [0, 0.1) is 0 Å². The molecule has 1 saturated heterocycles. The Morgan fingerprint density at radius 2 is 1.67 bits per heavy atom. The molecule has 2 heterocycles. The zero-order valence-corrected chi connectivity index (χ0v) is 23.0. The van der Waals surface area contributed by atoms with Crippen LogP contribution in [-0.4, -0.2) is 40.1 Å². The highest BCUT2D eigenvalue weighted by Crippen LogP contribution is 2.39. The predicted molar refractivity (Wildman–Crippen MR) is 147 cm³/mol. The van der Waals surface area contributed by atoms with E-state index in [9.17, 15) is 13.5 Å². The summed E-state index contributed by atoms with van der Waals surface area (Å²) < 4.78 is 42.4. The van der Waals surface area contributed by atoms with E-state index >= 15 is 0 Å². The molecule has 0 spiro atoms. The molecule has 2 N–H and O–H groups in total. The zero-order chi connectivity index (χ0) is 27.2. The number of nitrogens with zero attached hydrogens (tertiary/aromatic N) is 3. The van der Waals surface area contributed by atoms with Gasteiger partial charge in [-0.2, -0.15) is 0 Å². The lowest BCUT2D eigenvalue weighted by Gasteiger charge is -2.36. The van der Waals surface area contributed by atoms with Gasteiger partial charge in [0.2, 0.25) is 10.0 Å². The molecule has 0 radical (unpaired) electrons. The molecule has 1 aromatic heterocycles. The lowest BCUT2D eigenvalue weighted by Crippen LogP contribution is -2.31. The van der Waals surface area contributed by atoms with E-state index in [4.69, 9.17) is 9.47 Å². The van der Waals surface area contributed by atoms with Crippen molar-refractivity contribution in [2.75, 3.05) is 5.75 Å². The fourth-order valence-electron chi connectivity index (χ4n) is 4.25. The molecule has 1 fully saturated rings. The van der Waals surface area contributed by atoms with Crippen LogP contribution in [0.1, 0.15) is 41.1 Å². The Bertz CT molecular complexity index is 1460. The van der Waals surface area contributed by atoms with Gasteiger partial charge in [-0.3, -0.25) is 0 Å². The van der Waals surface area contributed by atoms with Crippen LogP contribution in [0.5, 0.6) is 0 Å². The molecule has 1 aliphatic rings. The van der Waals surface area contributed by atoms with Gasteiger partial charge in [-0.05, 0) is 28.8 Å². The normalized spacial score (nSPS) is 19.7. The number of aliphatic hydroxyl groups is 1. The first-order valence-electron chi connectivity index (χ1n) is 12.5. The molecule has 9 nitrogen and oxygen atoms in total. The Hall–Kier alpha value is -3.06. The summed E-state index contributed by atoms with van der Waals surface area (Å²) in [4.78, 5) is 0.230. The SMILES string of the molecule is Cn1cnnc1SC[C@@H]1C[C@H](c2ccc(CO)cc2)O[C@H](c2ccc(CNS(=O)(=O)c3ccccc3)cc2)O1. The van der Waals surface area contributed by atoms with Crippen LogP contribution in [0.15, 0.2) is 95.2 Å². The summed E-state index contributed by atoms with van der Waals surface area (Å²) in [6.45, 7) is 0.156. The Morgan fingerprint density at radius 1 is 0.974 bits per heavy atom. The lowest BCUT2D eigenvalue weighted by atomic mass is 10.0. The maximum Gasteiger partial charge on any atom is 0.240 e. The molecule has 0 saturated carbocycles. The fourth-order valence-corrected chi connectivity index (χ4v) is 6.19. The second-order valence-corrected chi connectivity index (χ2v) is 12.0. The summed E-state index contributed by atoms with van der Waals surface area (Å²) >= 11 is 1.58. The molecular formula is C28H30N4O5S2. The third kappa shape index (κ3) is 6.93. The summed E-state index contributed by atoms with van der Waals surface area (Å²) in [6.07, 6.45) is 1.44. The molecular weight excluding hydrogens is 536 g/mol. The number of benzene rings is 3. The second-order valence-electron chi connectivity index (χ2n) is 9.26. The van der Waals surface area contributed by atoms with Gasteiger partial charge in [0.25, 0.3) is 0 Å². The molecule has 5 rings (SSSR count). The number of ether oxygens (including phenoxy) is 2. The first-order valence-corrected chi connectivity index (χ1v) is 15.0. The number of sulfonamides is 1. The fraction of sp³-hybridized carbons (Fsp3) is 0.286. The number of aromatic nitrogens is 3. The topological polar surface area (TPSA) is 116 Å². The van der Waals surface area contributed by atoms with Crippen LogP contribution < -0.4 is 4.72 Å². The van der Waals surface area contributed by atoms with Crippen molar-refractivity contribution in [2.24, 2.45) is 7.05 Å². The van der Waals surface area contributed by atoms with Crippen molar-refractivity contribution in [2.45, 2.75) is 48.1 Å². The number of hydrogen-bond donors (Lipinski definition) is 2. The van der Waals surface area contributed by atoms with Crippen molar-refractivity contribution >= 4 is 21.8 Å². The van der Waals surface area contributed by atoms with Crippen molar-refractivity contribution in [1.29, 1.82) is 0 Å². The Labute approximate surface area is 232 Å². The largest absolute Gasteiger partial charge is 0.392 e. The lowest BCUT2D eigenvalue weighted by molar-refractivity contribution is -0.245. The predicted octanol–water partition coefficient (Wildman–Crippen LogP) is 4.12. The van der Waals surface area contributed by atoms with E-state index in [1.54, 1.807) is 48.4 Å². The van der Waals surface area contributed by atoms with Crippen LogP contribution in [0.4, 0.5) is 0 Å². The third-order valence-corrected chi connectivity index (χ3v) is 9.04. The molecule has 0 unspecified atom stereocenters. The molecule has 1 aliphatic heterocycles. The smallest absolute Gasteiger partial charge is 0.240 e. The number of hydrogen-bond acceptors (Lipinski definition) is 8. The van der Waals surface area contributed by atoms with Crippen molar-refractivity contribution in [3.63, 3.8) is 0 Å². The third-order valence-electron chi connectivity index (χ3n) is 6.45. The van der Waals surface area contributed by atoms with Gasteiger partial charge >= 0.3 is 0 Å². The first kappa shape index (κ1) is 27.5. The molecule has 204 valence electrons. The summed E-state index contributed by atoms with van der Waals surface area (Å²) in [5.74, 6) is 0.678. The maximum absolute atomic E-state index is 12.6. The quantitative estimate of drug-likeness (QED) is 0.276. The van der Waals surface area contributed by atoms with Crippen molar-refractivity contribution in [3.8, 4) is 0 Å². The summed E-state index contributed by atoms with van der Waals surface area (Å²) in [5, 5.41) is 18.3. The zero-order valence-electron chi connectivity index (χ0n) is 21.4. The van der Waals surface area contributed by atoms with E-state index in [1.165, 1.54) is 0 Å². The van der Waals surface area contributed by atoms with Crippen LogP contribution in [0.25, 0.3) is 0 Å². The minimum absolute atomic E-state index is 0.0115. The highest BCUT2D eigenvalue weighted by molar-refractivity contribution is 7.99. The number of nitrogens with one attached hydrogen (secondary N) is 1. The monoisotopic (exact) mass is 566 g/mol. The first-order chi connectivity index (χ1) is 18.9. The number of thioether (sulfide) groups is 1. The summed E-state index contributed by atoms with van der Waals surface area (Å²) in [7, 11) is -1.69. The van der Waals surface area contributed by atoms with Gasteiger partial charge in [0.05, 0.1) is 23.7 Å². The van der Waals surface area contributed by atoms with Gasteiger partial charge in [0.15, 0.2) is 11.4 Å². The van der Waals surface area contributed by atoms with Crippen molar-refractivity contribution < 1.29 is 23.0 Å². The Balaban J connectivity index is 1.29. The van der Waals surface area contributed by atoms with Crippen molar-refractivity contribution in [3.05, 3.63) is 107 Å². The molecule has 39 heavy (non-hydrogen) atoms. The Morgan fingerprint density at radius 3 is 2.33 bits per heavy atom. The van der Waals surface area contributed by atoms with Gasteiger partial charge in [-0.15, -0.1) is 10.2 Å². The van der Waals surface area contributed by atoms with Crippen molar-refractivity contribution in [1.82, 2.24) is 19.5 Å². The van der Waals surface area contributed by atoms with Gasteiger partial charge in [-0.25, -0.2) is 13.1 Å². The van der Waals surface area contributed by atoms with E-state index in [-0.39, 0.29) is 30.3 Å². The van der Waals surface area contributed by atoms with Crippen LogP contribution in [0.2, 0.25) is 0 Å². The minimum atomic E-state index is -3.60. The van der Waals surface area contributed by atoms with Crippen LogP contribution >= 0.6 is 11.8 Å². The highest BCUT2D eigenvalue weighted by Gasteiger charge is 2.32. The number of aryl methyl sites for hydroxylation is 1. The molecule has 3 aromatic carbocycles. The highest BCUT2D eigenvalue weighted by atomic mass is 32.2. The van der Waals surface area contributed by atoms with E-state index in [2.05, 4.69) is 14.9 Å². The Kier molecular flexibility index (Phi) is 8.75.